The lowest BCUT2D eigenvalue weighted by Gasteiger charge is -2.38. The predicted octanol–water partition coefficient (Wildman–Crippen LogP) is 3.59. The molecule has 0 amide bonds. The Morgan fingerprint density at radius 1 is 1.06 bits per heavy atom. The molecule has 108 valence electrons. The summed E-state index contributed by atoms with van der Waals surface area (Å²) in [6.07, 6.45) is 5.11. The highest BCUT2D eigenvalue weighted by Gasteiger charge is 2.31. The number of aliphatic hydroxyl groups excluding tert-OH is 1. The molecule has 1 aliphatic rings. The van der Waals surface area contributed by atoms with E-state index in [4.69, 9.17) is 0 Å². The lowest BCUT2D eigenvalue weighted by atomic mass is 9.70. The van der Waals surface area contributed by atoms with Crippen molar-refractivity contribution in [3.05, 3.63) is 0 Å². The predicted molar refractivity (Wildman–Crippen MR) is 78.7 cm³/mol. The Labute approximate surface area is 114 Å². The van der Waals surface area contributed by atoms with Gasteiger partial charge >= 0.3 is 0 Å². The van der Waals surface area contributed by atoms with E-state index in [-0.39, 0.29) is 11.6 Å². The van der Waals surface area contributed by atoms with Crippen LogP contribution in [0.25, 0.3) is 0 Å². The molecule has 2 N–H and O–H groups in total. The summed E-state index contributed by atoms with van der Waals surface area (Å²) in [5, 5.41) is 13.2. The van der Waals surface area contributed by atoms with Gasteiger partial charge in [0, 0.05) is 5.54 Å². The molecular formula is C16H33NO. The van der Waals surface area contributed by atoms with Crippen LogP contribution in [0.3, 0.4) is 0 Å². The minimum Gasteiger partial charge on any atom is -0.392 e. The van der Waals surface area contributed by atoms with Crippen molar-refractivity contribution in [1.82, 2.24) is 5.32 Å². The van der Waals surface area contributed by atoms with Crippen LogP contribution in [-0.2, 0) is 0 Å². The summed E-state index contributed by atoms with van der Waals surface area (Å²) in [4.78, 5) is 0. The Bertz CT molecular complexity index is 244. The van der Waals surface area contributed by atoms with E-state index in [1.807, 2.05) is 6.92 Å². The third kappa shape index (κ3) is 4.55. The molecule has 0 aromatic carbocycles. The number of nitrogens with one attached hydrogen (secondary N) is 1. The normalized spacial score (nSPS) is 28.2. The lowest BCUT2D eigenvalue weighted by molar-refractivity contribution is 0.0866. The summed E-state index contributed by atoms with van der Waals surface area (Å²) in [5.74, 6) is 1.68. The van der Waals surface area contributed by atoms with Gasteiger partial charge in [0.05, 0.1) is 6.10 Å². The Hall–Kier alpha value is -0.0800. The quantitative estimate of drug-likeness (QED) is 0.804. The van der Waals surface area contributed by atoms with Gasteiger partial charge in [-0.2, -0.15) is 0 Å². The zero-order valence-corrected chi connectivity index (χ0v) is 13.2. The van der Waals surface area contributed by atoms with E-state index in [2.05, 4.69) is 39.9 Å². The topological polar surface area (TPSA) is 32.3 Å². The van der Waals surface area contributed by atoms with Crippen LogP contribution in [-0.4, -0.2) is 23.3 Å². The standard InChI is InChI=1S/C16H33NO/c1-12(18)16(5,6)17-11-13-7-9-14(10-8-13)15(2,3)4/h12-14,17-18H,7-11H2,1-6H3. The van der Waals surface area contributed by atoms with Crippen molar-refractivity contribution in [2.45, 2.75) is 78.9 Å². The largest absolute Gasteiger partial charge is 0.392 e. The zero-order valence-electron chi connectivity index (χ0n) is 13.2. The van der Waals surface area contributed by atoms with Crippen LogP contribution in [0.4, 0.5) is 0 Å². The summed E-state index contributed by atoms with van der Waals surface area (Å²) in [6.45, 7) is 14.2. The highest BCUT2D eigenvalue weighted by Crippen LogP contribution is 2.39. The maximum Gasteiger partial charge on any atom is 0.0688 e. The number of rotatable bonds is 4. The maximum absolute atomic E-state index is 9.70. The molecule has 1 unspecified atom stereocenters. The van der Waals surface area contributed by atoms with Gasteiger partial charge in [-0.1, -0.05) is 20.8 Å². The molecule has 0 saturated heterocycles. The Morgan fingerprint density at radius 2 is 1.56 bits per heavy atom. The molecule has 0 aromatic rings. The van der Waals surface area contributed by atoms with Crippen molar-refractivity contribution < 1.29 is 5.11 Å². The van der Waals surface area contributed by atoms with Gasteiger partial charge in [-0.05, 0) is 70.3 Å². The van der Waals surface area contributed by atoms with Gasteiger partial charge in [0.1, 0.15) is 0 Å². The Balaban J connectivity index is 2.32. The average molecular weight is 255 g/mol. The van der Waals surface area contributed by atoms with Crippen LogP contribution in [0.5, 0.6) is 0 Å². The van der Waals surface area contributed by atoms with Crippen molar-refractivity contribution >= 4 is 0 Å². The molecule has 0 bridgehead atoms. The second-order valence-corrected chi connectivity index (χ2v) is 7.86. The van der Waals surface area contributed by atoms with Gasteiger partial charge in [0.2, 0.25) is 0 Å². The van der Waals surface area contributed by atoms with Crippen molar-refractivity contribution in [2.24, 2.45) is 17.3 Å². The van der Waals surface area contributed by atoms with E-state index in [0.29, 0.717) is 5.41 Å². The molecular weight excluding hydrogens is 222 g/mol. The van der Waals surface area contributed by atoms with Gasteiger partial charge < -0.3 is 10.4 Å². The zero-order chi connectivity index (χ0) is 14.0. The van der Waals surface area contributed by atoms with E-state index < -0.39 is 0 Å². The minimum atomic E-state index is -0.302. The van der Waals surface area contributed by atoms with Crippen molar-refractivity contribution in [2.75, 3.05) is 6.54 Å². The van der Waals surface area contributed by atoms with E-state index in [1.165, 1.54) is 25.7 Å². The Kier molecular flexibility index (Phi) is 5.25. The van der Waals surface area contributed by atoms with Crippen LogP contribution < -0.4 is 5.32 Å². The van der Waals surface area contributed by atoms with E-state index in [0.717, 1.165) is 18.4 Å². The lowest BCUT2D eigenvalue weighted by Crippen LogP contribution is -2.50. The van der Waals surface area contributed by atoms with E-state index in [1.54, 1.807) is 0 Å². The first-order valence-electron chi connectivity index (χ1n) is 7.56. The van der Waals surface area contributed by atoms with Crippen LogP contribution in [0.15, 0.2) is 0 Å². The summed E-state index contributed by atoms with van der Waals surface area (Å²) >= 11 is 0. The highest BCUT2D eigenvalue weighted by molar-refractivity contribution is 4.86. The molecule has 0 radical (unpaired) electrons. The second-order valence-electron chi connectivity index (χ2n) is 7.86. The van der Waals surface area contributed by atoms with Crippen molar-refractivity contribution in [3.8, 4) is 0 Å². The summed E-state index contributed by atoms with van der Waals surface area (Å²) in [7, 11) is 0. The monoisotopic (exact) mass is 255 g/mol. The molecule has 0 aliphatic heterocycles. The molecule has 18 heavy (non-hydrogen) atoms. The van der Waals surface area contributed by atoms with E-state index in [9.17, 15) is 5.11 Å². The molecule has 2 nitrogen and oxygen atoms in total. The smallest absolute Gasteiger partial charge is 0.0688 e. The van der Waals surface area contributed by atoms with Gasteiger partial charge in [-0.3, -0.25) is 0 Å². The SMILES string of the molecule is CC(O)C(C)(C)NCC1CCC(C(C)(C)C)CC1. The first kappa shape index (κ1) is 16.0. The fourth-order valence-corrected chi connectivity index (χ4v) is 2.79. The van der Waals surface area contributed by atoms with Crippen LogP contribution >= 0.6 is 0 Å². The molecule has 1 atom stereocenters. The molecule has 0 aromatic heterocycles. The molecule has 0 heterocycles. The highest BCUT2D eigenvalue weighted by atomic mass is 16.3. The van der Waals surface area contributed by atoms with Crippen molar-refractivity contribution in [1.29, 1.82) is 0 Å². The number of aliphatic hydroxyl groups is 1. The molecule has 1 rings (SSSR count). The van der Waals surface area contributed by atoms with Crippen LogP contribution in [0.1, 0.15) is 67.2 Å². The minimum absolute atomic E-state index is 0.166. The summed E-state index contributed by atoms with van der Waals surface area (Å²) < 4.78 is 0. The van der Waals surface area contributed by atoms with Gasteiger partial charge in [0.15, 0.2) is 0 Å². The Morgan fingerprint density at radius 3 is 1.94 bits per heavy atom. The molecule has 1 aliphatic carbocycles. The summed E-state index contributed by atoms with van der Waals surface area (Å²) in [6, 6.07) is 0. The molecule has 0 spiro atoms. The van der Waals surface area contributed by atoms with Gasteiger partial charge in [-0.15, -0.1) is 0 Å². The fraction of sp³-hybridized carbons (Fsp3) is 1.00. The van der Waals surface area contributed by atoms with Gasteiger partial charge in [-0.25, -0.2) is 0 Å². The van der Waals surface area contributed by atoms with Gasteiger partial charge in [0.25, 0.3) is 0 Å². The van der Waals surface area contributed by atoms with Crippen molar-refractivity contribution in [3.63, 3.8) is 0 Å². The van der Waals surface area contributed by atoms with Crippen LogP contribution in [0.2, 0.25) is 0 Å². The third-order valence-electron chi connectivity index (χ3n) is 4.96. The van der Waals surface area contributed by atoms with Crippen LogP contribution in [0, 0.1) is 17.3 Å². The first-order valence-corrected chi connectivity index (χ1v) is 7.56. The number of hydrogen-bond acceptors (Lipinski definition) is 2. The molecule has 1 saturated carbocycles. The number of hydrogen-bond donors (Lipinski definition) is 2. The molecule has 1 fully saturated rings. The third-order valence-corrected chi connectivity index (χ3v) is 4.96. The molecule has 2 heteroatoms. The fourth-order valence-electron chi connectivity index (χ4n) is 2.79. The second kappa shape index (κ2) is 5.92. The average Bonchev–Trinajstić information content (AvgIpc) is 2.25. The maximum atomic E-state index is 9.70. The van der Waals surface area contributed by atoms with E-state index >= 15 is 0 Å². The summed E-state index contributed by atoms with van der Waals surface area (Å²) in [5.41, 5.74) is 0.304. The first-order chi connectivity index (χ1) is 8.13.